The van der Waals surface area contributed by atoms with Gasteiger partial charge in [-0.15, -0.1) is 24.0 Å². The highest BCUT2D eigenvalue weighted by atomic mass is 127. The number of rotatable bonds is 6. The molecule has 1 fully saturated rings. The van der Waals surface area contributed by atoms with Crippen LogP contribution in [0.1, 0.15) is 32.4 Å². The highest BCUT2D eigenvalue weighted by Gasteiger charge is 2.25. The van der Waals surface area contributed by atoms with Crippen LogP contribution in [0.15, 0.2) is 29.3 Å². The quantitative estimate of drug-likeness (QED) is 0.362. The van der Waals surface area contributed by atoms with Gasteiger partial charge in [-0.2, -0.15) is 11.8 Å². The van der Waals surface area contributed by atoms with E-state index in [1.165, 1.54) is 0 Å². The van der Waals surface area contributed by atoms with E-state index in [9.17, 15) is 5.11 Å². The van der Waals surface area contributed by atoms with Crippen molar-refractivity contribution in [2.45, 2.75) is 32.1 Å². The van der Waals surface area contributed by atoms with Crippen LogP contribution in [0.3, 0.4) is 0 Å². The van der Waals surface area contributed by atoms with Gasteiger partial charge < -0.3 is 20.1 Å². The van der Waals surface area contributed by atoms with Gasteiger partial charge in [-0.1, -0.05) is 26.0 Å². The zero-order chi connectivity index (χ0) is 18.2. The van der Waals surface area contributed by atoms with Crippen LogP contribution in [-0.2, 0) is 0 Å². The van der Waals surface area contributed by atoms with E-state index in [4.69, 9.17) is 9.73 Å². The average Bonchev–Trinajstić information content (AvgIpc) is 2.65. The molecular formula is C19H32IN3O2S. The van der Waals surface area contributed by atoms with Crippen molar-refractivity contribution >= 4 is 41.7 Å². The van der Waals surface area contributed by atoms with Crippen LogP contribution in [0.2, 0.25) is 0 Å². The largest absolute Gasteiger partial charge is 0.497 e. The first-order chi connectivity index (χ1) is 12.0. The second kappa shape index (κ2) is 11.9. The summed E-state index contributed by atoms with van der Waals surface area (Å²) < 4.78 is 5.23. The number of nitrogens with zero attached hydrogens (tertiary/aromatic N) is 2. The molecule has 2 unspecified atom stereocenters. The van der Waals surface area contributed by atoms with Crippen molar-refractivity contribution in [3.63, 3.8) is 0 Å². The molecule has 1 aliphatic rings. The summed E-state index contributed by atoms with van der Waals surface area (Å²) in [5, 5.41) is 14.5. The van der Waals surface area contributed by atoms with Crippen LogP contribution in [0.25, 0.3) is 0 Å². The monoisotopic (exact) mass is 493 g/mol. The second-order valence-electron chi connectivity index (χ2n) is 6.59. The fourth-order valence-corrected chi connectivity index (χ4v) is 4.12. The van der Waals surface area contributed by atoms with Crippen LogP contribution >= 0.6 is 35.7 Å². The number of aliphatic hydroxyl groups is 1. The minimum absolute atomic E-state index is 0. The molecule has 0 bridgehead atoms. The number of hydrogen-bond donors (Lipinski definition) is 2. The smallest absolute Gasteiger partial charge is 0.194 e. The SMILES string of the molecule is CCNC(=NCC(O)c1cccc(OC)c1)N1CCSC(C(C)C)C1.I. The number of ether oxygens (including phenoxy) is 1. The van der Waals surface area contributed by atoms with Crippen molar-refractivity contribution in [1.82, 2.24) is 10.2 Å². The van der Waals surface area contributed by atoms with E-state index in [1.54, 1.807) is 7.11 Å². The molecule has 1 aromatic rings. The van der Waals surface area contributed by atoms with E-state index in [1.807, 2.05) is 36.0 Å². The van der Waals surface area contributed by atoms with Crippen molar-refractivity contribution in [3.05, 3.63) is 29.8 Å². The maximum atomic E-state index is 10.5. The summed E-state index contributed by atoms with van der Waals surface area (Å²) in [5.41, 5.74) is 0.827. The molecule has 2 rings (SSSR count). The first-order valence-electron chi connectivity index (χ1n) is 9.02. The minimum atomic E-state index is -0.635. The van der Waals surface area contributed by atoms with Crippen LogP contribution in [0, 0.1) is 5.92 Å². The second-order valence-corrected chi connectivity index (χ2v) is 7.93. The third kappa shape index (κ3) is 6.81. The van der Waals surface area contributed by atoms with E-state index < -0.39 is 6.10 Å². The van der Waals surface area contributed by atoms with E-state index in [-0.39, 0.29) is 24.0 Å². The van der Waals surface area contributed by atoms with Crippen LogP contribution in [-0.4, -0.2) is 60.3 Å². The predicted molar refractivity (Wildman–Crippen MR) is 122 cm³/mol. The van der Waals surface area contributed by atoms with Crippen molar-refractivity contribution in [3.8, 4) is 5.75 Å². The Morgan fingerprint density at radius 1 is 1.46 bits per heavy atom. The van der Waals surface area contributed by atoms with Crippen LogP contribution in [0.4, 0.5) is 0 Å². The highest BCUT2D eigenvalue weighted by molar-refractivity contribution is 14.0. The summed E-state index contributed by atoms with van der Waals surface area (Å²) in [5.74, 6) is 3.42. The number of thioether (sulfide) groups is 1. The molecule has 0 radical (unpaired) electrons. The molecule has 0 spiro atoms. The van der Waals surface area contributed by atoms with Gasteiger partial charge in [0.1, 0.15) is 5.75 Å². The molecule has 1 aliphatic heterocycles. The summed E-state index contributed by atoms with van der Waals surface area (Å²) >= 11 is 2.05. The maximum absolute atomic E-state index is 10.5. The fraction of sp³-hybridized carbons (Fsp3) is 0.632. The number of nitrogens with one attached hydrogen (secondary N) is 1. The van der Waals surface area contributed by atoms with Crippen molar-refractivity contribution in [2.24, 2.45) is 10.9 Å². The van der Waals surface area contributed by atoms with Crippen LogP contribution in [0.5, 0.6) is 5.75 Å². The predicted octanol–water partition coefficient (Wildman–Crippen LogP) is 3.39. The van der Waals surface area contributed by atoms with Gasteiger partial charge in [0.25, 0.3) is 0 Å². The topological polar surface area (TPSA) is 57.1 Å². The maximum Gasteiger partial charge on any atom is 0.194 e. The molecule has 0 aliphatic carbocycles. The van der Waals surface area contributed by atoms with Gasteiger partial charge in [-0.3, -0.25) is 4.99 Å². The third-order valence-electron chi connectivity index (χ3n) is 4.36. The Morgan fingerprint density at radius 2 is 2.23 bits per heavy atom. The lowest BCUT2D eigenvalue weighted by molar-refractivity contribution is 0.186. The Labute approximate surface area is 179 Å². The van der Waals surface area contributed by atoms with Gasteiger partial charge in [0.2, 0.25) is 0 Å². The number of guanidine groups is 1. The molecule has 0 aromatic heterocycles. The lowest BCUT2D eigenvalue weighted by Gasteiger charge is -2.36. The summed E-state index contributed by atoms with van der Waals surface area (Å²) in [6.45, 7) is 9.79. The molecule has 1 heterocycles. The van der Waals surface area contributed by atoms with E-state index in [0.29, 0.717) is 17.7 Å². The Morgan fingerprint density at radius 3 is 2.88 bits per heavy atom. The first kappa shape index (κ1) is 23.4. The lowest BCUT2D eigenvalue weighted by Crippen LogP contribution is -2.49. The molecule has 0 saturated carbocycles. The van der Waals surface area contributed by atoms with Gasteiger partial charge >= 0.3 is 0 Å². The number of aliphatic imine (C=N–C) groups is 1. The van der Waals surface area contributed by atoms with Crippen LogP contribution < -0.4 is 10.1 Å². The number of halogens is 1. The van der Waals surface area contributed by atoms with Gasteiger partial charge in [0.15, 0.2) is 5.96 Å². The van der Waals surface area contributed by atoms with Gasteiger partial charge in [-0.05, 0) is 30.5 Å². The average molecular weight is 493 g/mol. The molecule has 148 valence electrons. The number of hydrogen-bond acceptors (Lipinski definition) is 4. The zero-order valence-electron chi connectivity index (χ0n) is 16.1. The van der Waals surface area contributed by atoms with E-state index >= 15 is 0 Å². The van der Waals surface area contributed by atoms with E-state index in [2.05, 4.69) is 31.0 Å². The first-order valence-corrected chi connectivity index (χ1v) is 10.1. The zero-order valence-corrected chi connectivity index (χ0v) is 19.3. The highest BCUT2D eigenvalue weighted by Crippen LogP contribution is 2.25. The molecule has 26 heavy (non-hydrogen) atoms. The van der Waals surface area contributed by atoms with Crippen molar-refractivity contribution in [1.29, 1.82) is 0 Å². The van der Waals surface area contributed by atoms with Gasteiger partial charge in [0, 0.05) is 30.6 Å². The molecule has 1 aromatic carbocycles. The molecule has 7 heteroatoms. The molecule has 2 atom stereocenters. The number of aliphatic hydroxyl groups excluding tert-OH is 1. The standard InChI is InChI=1S/C19H31N3O2S.HI/c1-5-20-19(22-9-10-25-18(13-22)14(2)3)21-12-17(23)15-7-6-8-16(11-15)24-4;/h6-8,11,14,17-18,23H,5,9-10,12-13H2,1-4H3,(H,20,21);1H. The van der Waals surface area contributed by atoms with Crippen molar-refractivity contribution in [2.75, 3.05) is 39.0 Å². The Kier molecular flexibility index (Phi) is 10.7. The normalized spacial score (nSPS) is 19.1. The summed E-state index contributed by atoms with van der Waals surface area (Å²) in [7, 11) is 1.63. The summed E-state index contributed by atoms with van der Waals surface area (Å²) in [6.07, 6.45) is -0.635. The molecular weight excluding hydrogens is 461 g/mol. The Bertz CT molecular complexity index is 571. The van der Waals surface area contributed by atoms with Crippen molar-refractivity contribution < 1.29 is 9.84 Å². The third-order valence-corrected chi connectivity index (χ3v) is 5.90. The summed E-state index contributed by atoms with van der Waals surface area (Å²) in [6, 6.07) is 7.53. The minimum Gasteiger partial charge on any atom is -0.497 e. The number of benzene rings is 1. The van der Waals surface area contributed by atoms with E-state index in [0.717, 1.165) is 42.7 Å². The lowest BCUT2D eigenvalue weighted by atomic mass is 10.1. The Balaban J connectivity index is 0.00000338. The number of methoxy groups -OCH3 is 1. The summed E-state index contributed by atoms with van der Waals surface area (Å²) in [4.78, 5) is 7.02. The molecule has 1 saturated heterocycles. The molecule has 2 N–H and O–H groups in total. The Hall–Kier alpha value is -0.670. The molecule has 0 amide bonds. The van der Waals surface area contributed by atoms with Gasteiger partial charge in [-0.25, -0.2) is 0 Å². The van der Waals surface area contributed by atoms with Gasteiger partial charge in [0.05, 0.1) is 19.8 Å². The molecule has 5 nitrogen and oxygen atoms in total. The fourth-order valence-electron chi connectivity index (χ4n) is 2.82.